The van der Waals surface area contributed by atoms with E-state index in [9.17, 15) is 15.0 Å². The minimum Gasteiger partial charge on any atom is -0.508 e. The van der Waals surface area contributed by atoms with Crippen molar-refractivity contribution in [1.82, 2.24) is 5.32 Å². The monoisotopic (exact) mass is 378 g/mol. The molecule has 130 valence electrons. The minimum atomic E-state index is -0.412. The van der Waals surface area contributed by atoms with Gasteiger partial charge in [0.05, 0.1) is 17.7 Å². The molecule has 1 unspecified atom stereocenters. The van der Waals surface area contributed by atoms with E-state index in [1.807, 2.05) is 0 Å². The molecular weight excluding hydrogens is 364 g/mol. The van der Waals surface area contributed by atoms with E-state index in [0.717, 1.165) is 0 Å². The molecule has 2 aromatic rings. The molecule has 1 aliphatic rings. The molecule has 0 aromatic heterocycles. The van der Waals surface area contributed by atoms with Gasteiger partial charge in [-0.1, -0.05) is 23.4 Å². The zero-order chi connectivity index (χ0) is 18.0. The number of amides is 1. The highest BCUT2D eigenvalue weighted by Crippen LogP contribution is 2.35. The lowest BCUT2D eigenvalue weighted by molar-refractivity contribution is -0.116. The van der Waals surface area contributed by atoms with Gasteiger partial charge in [-0.05, 0) is 36.4 Å². The van der Waals surface area contributed by atoms with Crippen LogP contribution >= 0.6 is 23.4 Å². The van der Waals surface area contributed by atoms with Gasteiger partial charge in [-0.3, -0.25) is 4.79 Å². The number of nitrogens with one attached hydrogen (secondary N) is 2. The van der Waals surface area contributed by atoms with Crippen LogP contribution in [0.15, 0.2) is 41.3 Å². The van der Waals surface area contributed by atoms with E-state index in [1.165, 1.54) is 30.0 Å². The fourth-order valence-corrected chi connectivity index (χ4v) is 3.43. The highest BCUT2D eigenvalue weighted by molar-refractivity contribution is 8.05. The van der Waals surface area contributed by atoms with Crippen molar-refractivity contribution in [3.05, 3.63) is 51.9 Å². The van der Waals surface area contributed by atoms with Gasteiger partial charge in [-0.25, -0.2) is 0 Å². The fourth-order valence-electron chi connectivity index (χ4n) is 2.29. The summed E-state index contributed by atoms with van der Waals surface area (Å²) in [6.45, 7) is 0. The lowest BCUT2D eigenvalue weighted by Crippen LogP contribution is -2.31. The first-order chi connectivity index (χ1) is 12.0. The molecule has 3 rings (SSSR count). The van der Waals surface area contributed by atoms with Crippen molar-refractivity contribution in [1.29, 1.82) is 0 Å². The molecule has 8 heteroatoms. The van der Waals surface area contributed by atoms with E-state index in [1.54, 1.807) is 31.4 Å². The maximum atomic E-state index is 12.2. The molecule has 1 amide bonds. The summed E-state index contributed by atoms with van der Waals surface area (Å²) in [6, 6.07) is 9.35. The van der Waals surface area contributed by atoms with E-state index in [4.69, 9.17) is 16.3 Å². The van der Waals surface area contributed by atoms with E-state index in [2.05, 4.69) is 10.6 Å². The molecule has 1 fully saturated rings. The van der Waals surface area contributed by atoms with Gasteiger partial charge in [0, 0.05) is 16.7 Å². The van der Waals surface area contributed by atoms with Crippen molar-refractivity contribution < 1.29 is 19.7 Å². The molecule has 4 N–H and O–H groups in total. The van der Waals surface area contributed by atoms with Crippen molar-refractivity contribution in [2.75, 3.05) is 12.4 Å². The van der Waals surface area contributed by atoms with Crippen LogP contribution in [0.1, 0.15) is 5.56 Å². The second kappa shape index (κ2) is 7.16. The largest absolute Gasteiger partial charge is 0.508 e. The average molecular weight is 379 g/mol. The molecular formula is C17H15ClN2O4S. The van der Waals surface area contributed by atoms with Gasteiger partial charge in [0.2, 0.25) is 0 Å². The van der Waals surface area contributed by atoms with Crippen molar-refractivity contribution in [3.63, 3.8) is 0 Å². The average Bonchev–Trinajstić information content (AvgIpc) is 2.90. The number of halogens is 1. The molecule has 25 heavy (non-hydrogen) atoms. The molecule has 1 aliphatic heterocycles. The van der Waals surface area contributed by atoms with Crippen LogP contribution in [0.25, 0.3) is 6.08 Å². The van der Waals surface area contributed by atoms with E-state index < -0.39 is 5.50 Å². The van der Waals surface area contributed by atoms with Gasteiger partial charge in [-0.2, -0.15) is 0 Å². The van der Waals surface area contributed by atoms with Crippen LogP contribution in [0.2, 0.25) is 5.02 Å². The number of anilines is 1. The smallest absolute Gasteiger partial charge is 0.260 e. The predicted octanol–water partition coefficient (Wildman–Crippen LogP) is 3.36. The van der Waals surface area contributed by atoms with Crippen LogP contribution in [0.5, 0.6) is 17.2 Å². The Morgan fingerprint density at radius 2 is 2.08 bits per heavy atom. The Kier molecular flexibility index (Phi) is 4.96. The second-order valence-electron chi connectivity index (χ2n) is 5.21. The van der Waals surface area contributed by atoms with Gasteiger partial charge in [-0.15, -0.1) is 0 Å². The van der Waals surface area contributed by atoms with Gasteiger partial charge >= 0.3 is 0 Å². The molecule has 0 bridgehead atoms. The number of hydrogen-bond donors (Lipinski definition) is 4. The molecule has 0 saturated carbocycles. The Balaban J connectivity index is 1.79. The number of phenols is 2. The maximum Gasteiger partial charge on any atom is 0.260 e. The van der Waals surface area contributed by atoms with Crippen LogP contribution in [-0.4, -0.2) is 28.7 Å². The molecule has 0 radical (unpaired) electrons. The van der Waals surface area contributed by atoms with Crippen LogP contribution in [-0.2, 0) is 4.79 Å². The summed E-state index contributed by atoms with van der Waals surface area (Å²) in [6.07, 6.45) is 1.56. The number of thioether (sulfide) groups is 1. The number of rotatable bonds is 4. The van der Waals surface area contributed by atoms with E-state index in [-0.39, 0.29) is 17.4 Å². The Bertz CT molecular complexity index is 857. The summed E-state index contributed by atoms with van der Waals surface area (Å²) in [7, 11) is 1.55. The van der Waals surface area contributed by atoms with Crippen LogP contribution in [0.4, 0.5) is 5.69 Å². The standard InChI is InChI=1S/C17H15ClN2O4S/c1-24-14-5-3-10(18)7-12(14)19-17-20-16(23)15(25-17)6-9-2-4-11(21)8-13(9)22/h2-8,17,19,21-22H,1H3,(H,20,23)/b15-6-. The van der Waals surface area contributed by atoms with Gasteiger partial charge in [0.15, 0.2) is 5.50 Å². The predicted molar refractivity (Wildman–Crippen MR) is 98.9 cm³/mol. The van der Waals surface area contributed by atoms with E-state index in [0.29, 0.717) is 26.9 Å². The molecule has 0 spiro atoms. The highest BCUT2D eigenvalue weighted by atomic mass is 35.5. The first-order valence-electron chi connectivity index (χ1n) is 7.27. The lowest BCUT2D eigenvalue weighted by atomic mass is 10.2. The Labute approximate surface area is 153 Å². The number of aromatic hydroxyl groups is 2. The minimum absolute atomic E-state index is 0.0456. The summed E-state index contributed by atoms with van der Waals surface area (Å²) in [5.74, 6) is 0.188. The Hall–Kier alpha value is -2.51. The summed E-state index contributed by atoms with van der Waals surface area (Å²) < 4.78 is 5.27. The lowest BCUT2D eigenvalue weighted by Gasteiger charge is -2.15. The topological polar surface area (TPSA) is 90.8 Å². The fraction of sp³-hybridized carbons (Fsp3) is 0.118. The van der Waals surface area contributed by atoms with Crippen LogP contribution < -0.4 is 15.4 Å². The Morgan fingerprint density at radius 1 is 1.28 bits per heavy atom. The second-order valence-corrected chi connectivity index (χ2v) is 6.80. The van der Waals surface area contributed by atoms with Gasteiger partial charge in [0.1, 0.15) is 17.2 Å². The van der Waals surface area contributed by atoms with Crippen LogP contribution in [0.3, 0.4) is 0 Å². The number of carbonyl (C=O) groups excluding carboxylic acids is 1. The van der Waals surface area contributed by atoms with Crippen molar-refractivity contribution in [2.45, 2.75) is 5.50 Å². The highest BCUT2D eigenvalue weighted by Gasteiger charge is 2.28. The third-order valence-corrected chi connectivity index (χ3v) is 4.74. The molecule has 6 nitrogen and oxygen atoms in total. The third-order valence-electron chi connectivity index (χ3n) is 3.48. The van der Waals surface area contributed by atoms with Crippen molar-refractivity contribution in [2.24, 2.45) is 0 Å². The number of ether oxygens (including phenoxy) is 1. The summed E-state index contributed by atoms with van der Waals surface area (Å²) in [5, 5.41) is 25.7. The quantitative estimate of drug-likeness (QED) is 0.610. The molecule has 0 aliphatic carbocycles. The zero-order valence-electron chi connectivity index (χ0n) is 13.1. The maximum absolute atomic E-state index is 12.2. The summed E-state index contributed by atoms with van der Waals surface area (Å²) >= 11 is 7.27. The summed E-state index contributed by atoms with van der Waals surface area (Å²) in [5.41, 5.74) is 0.684. The normalized spacial score (nSPS) is 18.2. The molecule has 2 aromatic carbocycles. The molecule has 1 saturated heterocycles. The van der Waals surface area contributed by atoms with Crippen molar-refractivity contribution >= 4 is 41.0 Å². The molecule has 1 heterocycles. The first kappa shape index (κ1) is 17.3. The number of methoxy groups -OCH3 is 1. The van der Waals surface area contributed by atoms with Gasteiger partial charge < -0.3 is 25.6 Å². The van der Waals surface area contributed by atoms with Crippen LogP contribution in [0, 0.1) is 0 Å². The number of phenolic OH excluding ortho intramolecular Hbond substituents is 2. The number of hydrogen-bond acceptors (Lipinski definition) is 6. The molecule has 1 atom stereocenters. The third kappa shape index (κ3) is 3.94. The van der Waals surface area contributed by atoms with E-state index >= 15 is 0 Å². The number of carbonyl (C=O) groups is 1. The SMILES string of the molecule is COc1ccc(Cl)cc1NC1NC(=O)/C(=C/c2ccc(O)cc2O)S1. The first-order valence-corrected chi connectivity index (χ1v) is 8.53. The number of benzene rings is 2. The van der Waals surface area contributed by atoms with Gasteiger partial charge in [0.25, 0.3) is 5.91 Å². The zero-order valence-corrected chi connectivity index (χ0v) is 14.7. The summed E-state index contributed by atoms with van der Waals surface area (Å²) in [4.78, 5) is 12.6. The Morgan fingerprint density at radius 3 is 2.80 bits per heavy atom. The van der Waals surface area contributed by atoms with Crippen molar-refractivity contribution in [3.8, 4) is 17.2 Å².